The fraction of sp³-hybridized carbons (Fsp3) is 0.500. The molecule has 1 saturated carbocycles. The number of rotatable bonds is 2. The van der Waals surface area contributed by atoms with Crippen molar-refractivity contribution < 1.29 is 0 Å². The molecule has 4 heteroatoms. The Kier molecular flexibility index (Phi) is 4.11. The van der Waals surface area contributed by atoms with Crippen LogP contribution in [-0.2, 0) is 0 Å². The van der Waals surface area contributed by atoms with Crippen LogP contribution in [0.5, 0.6) is 0 Å². The normalized spacial score (nSPS) is 25.4. The summed E-state index contributed by atoms with van der Waals surface area (Å²) in [6.45, 7) is 0. The van der Waals surface area contributed by atoms with Gasteiger partial charge in [-0.2, -0.15) is 0 Å². The minimum atomic E-state index is 0.387. The summed E-state index contributed by atoms with van der Waals surface area (Å²) in [7, 11) is 0. The molecule has 1 fully saturated rings. The second kappa shape index (κ2) is 5.39. The predicted molar refractivity (Wildman–Crippen MR) is 73.0 cm³/mol. The van der Waals surface area contributed by atoms with Crippen molar-refractivity contribution in [1.82, 2.24) is 0 Å². The van der Waals surface area contributed by atoms with Crippen LogP contribution in [0.25, 0.3) is 0 Å². The molecular formula is C12H16BrClN2. The van der Waals surface area contributed by atoms with E-state index >= 15 is 0 Å². The third kappa shape index (κ3) is 3.12. The molecule has 0 spiro atoms. The SMILES string of the molecule is NC1CCC(Nc2ccc(Br)cc2Cl)CC1. The van der Waals surface area contributed by atoms with Gasteiger partial charge in [0.25, 0.3) is 0 Å². The maximum Gasteiger partial charge on any atom is 0.0648 e. The topological polar surface area (TPSA) is 38.0 Å². The number of hydrogen-bond donors (Lipinski definition) is 2. The smallest absolute Gasteiger partial charge is 0.0648 e. The average molecular weight is 304 g/mol. The lowest BCUT2D eigenvalue weighted by Gasteiger charge is -2.28. The highest BCUT2D eigenvalue weighted by Gasteiger charge is 2.18. The molecule has 0 unspecified atom stereocenters. The first-order chi connectivity index (χ1) is 7.65. The highest BCUT2D eigenvalue weighted by Crippen LogP contribution is 2.28. The first-order valence-corrected chi connectivity index (χ1v) is 6.79. The summed E-state index contributed by atoms with van der Waals surface area (Å²) in [5.74, 6) is 0. The molecule has 16 heavy (non-hydrogen) atoms. The van der Waals surface area contributed by atoms with Gasteiger partial charge in [0.05, 0.1) is 10.7 Å². The summed E-state index contributed by atoms with van der Waals surface area (Å²) in [5, 5.41) is 4.26. The monoisotopic (exact) mass is 302 g/mol. The summed E-state index contributed by atoms with van der Waals surface area (Å²) in [5.41, 5.74) is 6.90. The van der Waals surface area contributed by atoms with Crippen LogP contribution in [0.2, 0.25) is 5.02 Å². The lowest BCUT2D eigenvalue weighted by molar-refractivity contribution is 0.411. The van der Waals surface area contributed by atoms with Gasteiger partial charge >= 0.3 is 0 Å². The van der Waals surface area contributed by atoms with Gasteiger partial charge < -0.3 is 11.1 Å². The minimum Gasteiger partial charge on any atom is -0.381 e. The van der Waals surface area contributed by atoms with E-state index in [1.807, 2.05) is 18.2 Å². The van der Waals surface area contributed by atoms with Crippen LogP contribution in [0.4, 0.5) is 5.69 Å². The predicted octanol–water partition coefficient (Wildman–Crippen LogP) is 3.78. The van der Waals surface area contributed by atoms with Gasteiger partial charge in [0.1, 0.15) is 0 Å². The molecule has 0 atom stereocenters. The van der Waals surface area contributed by atoms with Crippen LogP contribution >= 0.6 is 27.5 Å². The van der Waals surface area contributed by atoms with Crippen molar-refractivity contribution in [2.24, 2.45) is 5.73 Å². The zero-order valence-electron chi connectivity index (χ0n) is 9.05. The summed E-state index contributed by atoms with van der Waals surface area (Å²) in [6, 6.07) is 6.83. The molecule has 1 aromatic rings. The van der Waals surface area contributed by atoms with Gasteiger partial charge in [-0.1, -0.05) is 27.5 Å². The molecule has 0 radical (unpaired) electrons. The Morgan fingerprint density at radius 1 is 1.25 bits per heavy atom. The summed E-state index contributed by atoms with van der Waals surface area (Å²) < 4.78 is 1.01. The van der Waals surface area contributed by atoms with Crippen molar-refractivity contribution in [3.8, 4) is 0 Å². The fourth-order valence-electron chi connectivity index (χ4n) is 2.09. The molecule has 0 aromatic heterocycles. The van der Waals surface area contributed by atoms with E-state index in [9.17, 15) is 0 Å². The van der Waals surface area contributed by atoms with Crippen molar-refractivity contribution >= 4 is 33.2 Å². The van der Waals surface area contributed by atoms with E-state index in [4.69, 9.17) is 17.3 Å². The van der Waals surface area contributed by atoms with E-state index in [2.05, 4.69) is 21.2 Å². The summed E-state index contributed by atoms with van der Waals surface area (Å²) in [6.07, 6.45) is 4.47. The second-order valence-corrected chi connectivity index (χ2v) is 5.70. The van der Waals surface area contributed by atoms with Crippen LogP contribution in [0, 0.1) is 0 Å². The second-order valence-electron chi connectivity index (χ2n) is 4.38. The molecule has 0 aliphatic heterocycles. The van der Waals surface area contributed by atoms with Gasteiger partial charge in [0.15, 0.2) is 0 Å². The summed E-state index contributed by atoms with van der Waals surface area (Å²) in [4.78, 5) is 0. The van der Waals surface area contributed by atoms with Crippen molar-refractivity contribution in [2.75, 3.05) is 5.32 Å². The van der Waals surface area contributed by atoms with Gasteiger partial charge in [-0.05, 0) is 43.9 Å². The van der Waals surface area contributed by atoms with Crippen LogP contribution in [0.1, 0.15) is 25.7 Å². The van der Waals surface area contributed by atoms with Crippen molar-refractivity contribution in [3.63, 3.8) is 0 Å². The van der Waals surface area contributed by atoms with E-state index in [1.54, 1.807) is 0 Å². The Balaban J connectivity index is 1.98. The van der Waals surface area contributed by atoms with E-state index in [1.165, 1.54) is 0 Å². The van der Waals surface area contributed by atoms with E-state index in [0.717, 1.165) is 40.9 Å². The molecule has 3 N–H and O–H groups in total. The largest absolute Gasteiger partial charge is 0.381 e. The fourth-order valence-corrected chi connectivity index (χ4v) is 2.82. The first-order valence-electron chi connectivity index (χ1n) is 5.62. The molecule has 0 saturated heterocycles. The highest BCUT2D eigenvalue weighted by atomic mass is 79.9. The van der Waals surface area contributed by atoms with Crippen LogP contribution in [0.3, 0.4) is 0 Å². The Morgan fingerprint density at radius 3 is 2.56 bits per heavy atom. The Hall–Kier alpha value is -0.250. The van der Waals surface area contributed by atoms with Crippen LogP contribution in [-0.4, -0.2) is 12.1 Å². The summed E-state index contributed by atoms with van der Waals surface area (Å²) >= 11 is 9.56. The average Bonchev–Trinajstić information content (AvgIpc) is 2.25. The molecule has 2 rings (SSSR count). The zero-order chi connectivity index (χ0) is 11.5. The minimum absolute atomic E-state index is 0.387. The molecule has 2 nitrogen and oxygen atoms in total. The Labute approximate surface area is 110 Å². The molecule has 1 aromatic carbocycles. The van der Waals surface area contributed by atoms with E-state index < -0.39 is 0 Å². The van der Waals surface area contributed by atoms with E-state index in [0.29, 0.717) is 12.1 Å². The molecular weight excluding hydrogens is 288 g/mol. The number of nitrogens with one attached hydrogen (secondary N) is 1. The zero-order valence-corrected chi connectivity index (χ0v) is 11.4. The number of halogens is 2. The third-order valence-electron chi connectivity index (χ3n) is 3.06. The van der Waals surface area contributed by atoms with Crippen molar-refractivity contribution in [2.45, 2.75) is 37.8 Å². The van der Waals surface area contributed by atoms with Gasteiger partial charge in [0.2, 0.25) is 0 Å². The Morgan fingerprint density at radius 2 is 1.94 bits per heavy atom. The van der Waals surface area contributed by atoms with Crippen molar-refractivity contribution in [1.29, 1.82) is 0 Å². The molecule has 88 valence electrons. The number of hydrogen-bond acceptors (Lipinski definition) is 2. The number of anilines is 1. The van der Waals surface area contributed by atoms with Gasteiger partial charge in [0, 0.05) is 16.6 Å². The Bertz CT molecular complexity index is 362. The molecule has 0 heterocycles. The van der Waals surface area contributed by atoms with Gasteiger partial charge in [-0.25, -0.2) is 0 Å². The lowest BCUT2D eigenvalue weighted by Crippen LogP contribution is -2.32. The maximum absolute atomic E-state index is 6.16. The molecule has 0 bridgehead atoms. The number of benzene rings is 1. The van der Waals surface area contributed by atoms with Crippen molar-refractivity contribution in [3.05, 3.63) is 27.7 Å². The molecule has 1 aliphatic carbocycles. The van der Waals surface area contributed by atoms with Gasteiger partial charge in [-0.3, -0.25) is 0 Å². The maximum atomic E-state index is 6.16. The van der Waals surface area contributed by atoms with E-state index in [-0.39, 0.29) is 0 Å². The van der Waals surface area contributed by atoms with Crippen LogP contribution < -0.4 is 11.1 Å². The highest BCUT2D eigenvalue weighted by molar-refractivity contribution is 9.10. The standard InChI is InChI=1S/C12H16BrClN2/c13-8-1-6-12(11(14)7-8)16-10-4-2-9(15)3-5-10/h1,6-7,9-10,16H,2-5,15H2. The van der Waals surface area contributed by atoms with Crippen LogP contribution in [0.15, 0.2) is 22.7 Å². The quantitative estimate of drug-likeness (QED) is 0.872. The molecule has 1 aliphatic rings. The molecule has 0 amide bonds. The van der Waals surface area contributed by atoms with Gasteiger partial charge in [-0.15, -0.1) is 0 Å². The number of nitrogens with two attached hydrogens (primary N) is 1. The third-order valence-corrected chi connectivity index (χ3v) is 3.87. The first kappa shape index (κ1) is 12.2. The lowest BCUT2D eigenvalue weighted by atomic mass is 9.92.